The summed E-state index contributed by atoms with van der Waals surface area (Å²) in [7, 11) is -3.79. The fourth-order valence-electron chi connectivity index (χ4n) is 1.90. The van der Waals surface area contributed by atoms with Crippen molar-refractivity contribution in [2.24, 2.45) is 0 Å². The second-order valence-electron chi connectivity index (χ2n) is 4.44. The Hall–Kier alpha value is -1.24. The van der Waals surface area contributed by atoms with Crippen LogP contribution in [0.5, 0.6) is 0 Å². The minimum atomic E-state index is -3.79. The Morgan fingerprint density at radius 3 is 2.62 bits per heavy atom. The molecule has 0 aromatic heterocycles. The molecule has 2 aromatic carbocycles. The SMILES string of the molecule is CCc1cc(Br)ccc1NS(=O)(=O)c1cc(Cl)ccc1N. The van der Waals surface area contributed by atoms with Gasteiger partial charge in [0, 0.05) is 9.50 Å². The van der Waals surface area contributed by atoms with Gasteiger partial charge in [-0.1, -0.05) is 34.5 Å². The zero-order valence-electron chi connectivity index (χ0n) is 11.2. The molecule has 2 aromatic rings. The molecule has 0 heterocycles. The maximum Gasteiger partial charge on any atom is 0.264 e. The molecule has 21 heavy (non-hydrogen) atoms. The Kier molecular flexibility index (Phi) is 4.81. The number of hydrogen-bond donors (Lipinski definition) is 2. The molecule has 7 heteroatoms. The van der Waals surface area contributed by atoms with E-state index in [-0.39, 0.29) is 10.6 Å². The van der Waals surface area contributed by atoms with E-state index in [9.17, 15) is 8.42 Å². The van der Waals surface area contributed by atoms with Crippen molar-refractivity contribution in [2.45, 2.75) is 18.2 Å². The van der Waals surface area contributed by atoms with Crippen molar-refractivity contribution in [3.05, 3.63) is 51.5 Å². The first kappa shape index (κ1) is 16.1. The molecule has 0 amide bonds. The normalized spacial score (nSPS) is 11.4. The number of anilines is 2. The summed E-state index contributed by atoms with van der Waals surface area (Å²) < 4.78 is 28.4. The van der Waals surface area contributed by atoms with Crippen molar-refractivity contribution in [3.63, 3.8) is 0 Å². The highest BCUT2D eigenvalue weighted by molar-refractivity contribution is 9.10. The Labute approximate surface area is 137 Å². The maximum absolute atomic E-state index is 12.5. The molecule has 4 nitrogen and oxygen atoms in total. The van der Waals surface area contributed by atoms with Crippen molar-refractivity contribution in [3.8, 4) is 0 Å². The number of nitrogens with two attached hydrogens (primary N) is 1. The van der Waals surface area contributed by atoms with E-state index in [0.29, 0.717) is 17.1 Å². The molecule has 0 saturated carbocycles. The third-order valence-corrected chi connectivity index (χ3v) is 5.11. The van der Waals surface area contributed by atoms with Gasteiger partial charge in [-0.15, -0.1) is 0 Å². The predicted octanol–water partition coefficient (Wildman–Crippen LogP) is 4.05. The molecule has 0 atom stereocenters. The number of aryl methyl sites for hydroxylation is 1. The zero-order valence-corrected chi connectivity index (χ0v) is 14.4. The summed E-state index contributed by atoms with van der Waals surface area (Å²) in [6.45, 7) is 1.95. The van der Waals surface area contributed by atoms with E-state index in [1.54, 1.807) is 18.2 Å². The second kappa shape index (κ2) is 6.25. The van der Waals surface area contributed by atoms with Crippen LogP contribution in [0.15, 0.2) is 45.8 Å². The van der Waals surface area contributed by atoms with Gasteiger partial charge in [-0.05, 0) is 48.4 Å². The van der Waals surface area contributed by atoms with Crippen LogP contribution in [-0.2, 0) is 16.4 Å². The van der Waals surface area contributed by atoms with E-state index in [1.165, 1.54) is 12.1 Å². The summed E-state index contributed by atoms with van der Waals surface area (Å²) >= 11 is 9.22. The van der Waals surface area contributed by atoms with E-state index in [1.807, 2.05) is 13.0 Å². The van der Waals surface area contributed by atoms with E-state index >= 15 is 0 Å². The number of sulfonamides is 1. The first-order valence-electron chi connectivity index (χ1n) is 6.19. The first-order chi connectivity index (χ1) is 9.83. The molecule has 0 fully saturated rings. The number of halogens is 2. The maximum atomic E-state index is 12.5. The predicted molar refractivity (Wildman–Crippen MR) is 90.2 cm³/mol. The van der Waals surface area contributed by atoms with Crippen LogP contribution in [0.4, 0.5) is 11.4 Å². The molecule has 0 aliphatic rings. The van der Waals surface area contributed by atoms with Crippen LogP contribution >= 0.6 is 27.5 Å². The van der Waals surface area contributed by atoms with Crippen molar-refractivity contribution < 1.29 is 8.42 Å². The standard InChI is InChI=1S/C14H14BrClN2O2S/c1-2-9-7-10(15)3-6-13(9)18-21(19,20)14-8-11(16)4-5-12(14)17/h3-8,18H,2,17H2,1H3. The molecule has 0 bridgehead atoms. The van der Waals surface area contributed by atoms with Crippen LogP contribution in [-0.4, -0.2) is 8.42 Å². The number of hydrogen-bond acceptors (Lipinski definition) is 3. The Morgan fingerprint density at radius 2 is 1.95 bits per heavy atom. The highest BCUT2D eigenvalue weighted by Crippen LogP contribution is 2.27. The van der Waals surface area contributed by atoms with Crippen LogP contribution in [0.1, 0.15) is 12.5 Å². The third-order valence-electron chi connectivity index (χ3n) is 2.96. The van der Waals surface area contributed by atoms with Crippen LogP contribution in [0.25, 0.3) is 0 Å². The van der Waals surface area contributed by atoms with Gasteiger partial charge in [-0.3, -0.25) is 4.72 Å². The number of benzene rings is 2. The summed E-state index contributed by atoms with van der Waals surface area (Å²) in [5, 5.41) is 0.316. The highest BCUT2D eigenvalue weighted by Gasteiger charge is 2.19. The van der Waals surface area contributed by atoms with Crippen molar-refractivity contribution in [2.75, 3.05) is 10.5 Å². The Morgan fingerprint density at radius 1 is 1.24 bits per heavy atom. The second-order valence-corrected chi connectivity index (χ2v) is 7.45. The van der Waals surface area contributed by atoms with E-state index in [4.69, 9.17) is 17.3 Å². The lowest BCUT2D eigenvalue weighted by Crippen LogP contribution is -2.15. The number of rotatable bonds is 4. The monoisotopic (exact) mass is 388 g/mol. The highest BCUT2D eigenvalue weighted by atomic mass is 79.9. The molecule has 112 valence electrons. The quantitative estimate of drug-likeness (QED) is 0.775. The fourth-order valence-corrected chi connectivity index (χ4v) is 3.80. The number of nitrogens with one attached hydrogen (secondary N) is 1. The molecule has 0 radical (unpaired) electrons. The lowest BCUT2D eigenvalue weighted by atomic mass is 10.1. The zero-order chi connectivity index (χ0) is 15.6. The summed E-state index contributed by atoms with van der Waals surface area (Å²) in [5.41, 5.74) is 7.30. The molecule has 0 aliphatic carbocycles. The van der Waals surface area contributed by atoms with Crippen LogP contribution in [0, 0.1) is 0 Å². The van der Waals surface area contributed by atoms with E-state index < -0.39 is 10.0 Å². The largest absolute Gasteiger partial charge is 0.398 e. The van der Waals surface area contributed by atoms with Crippen LogP contribution in [0.2, 0.25) is 5.02 Å². The van der Waals surface area contributed by atoms with Gasteiger partial charge in [-0.2, -0.15) is 0 Å². The van der Waals surface area contributed by atoms with Gasteiger partial charge in [0.1, 0.15) is 4.90 Å². The molecule has 2 rings (SSSR count). The molecule has 0 aliphatic heterocycles. The van der Waals surface area contributed by atoms with Crippen LogP contribution < -0.4 is 10.5 Å². The van der Waals surface area contributed by atoms with E-state index in [0.717, 1.165) is 10.0 Å². The summed E-state index contributed by atoms with van der Waals surface area (Å²) in [4.78, 5) is -0.0278. The van der Waals surface area contributed by atoms with Gasteiger partial charge in [0.2, 0.25) is 0 Å². The Balaban J connectivity index is 2.45. The van der Waals surface area contributed by atoms with Gasteiger partial charge in [0.15, 0.2) is 0 Å². The van der Waals surface area contributed by atoms with Crippen molar-refractivity contribution in [1.82, 2.24) is 0 Å². The first-order valence-corrected chi connectivity index (χ1v) is 8.85. The van der Waals surface area contributed by atoms with Gasteiger partial charge < -0.3 is 5.73 Å². The molecule has 0 saturated heterocycles. The fraction of sp³-hybridized carbons (Fsp3) is 0.143. The van der Waals surface area contributed by atoms with E-state index in [2.05, 4.69) is 20.7 Å². The topological polar surface area (TPSA) is 72.2 Å². The lowest BCUT2D eigenvalue weighted by Gasteiger charge is -2.13. The van der Waals surface area contributed by atoms with Crippen LogP contribution in [0.3, 0.4) is 0 Å². The summed E-state index contributed by atoms with van der Waals surface area (Å²) in [5.74, 6) is 0. The average molecular weight is 390 g/mol. The third kappa shape index (κ3) is 3.70. The molecule has 0 spiro atoms. The van der Waals surface area contributed by atoms with Gasteiger partial charge in [0.25, 0.3) is 10.0 Å². The van der Waals surface area contributed by atoms with Crippen molar-refractivity contribution in [1.29, 1.82) is 0 Å². The minimum absolute atomic E-state index is 0.0278. The van der Waals surface area contributed by atoms with Gasteiger partial charge in [-0.25, -0.2) is 8.42 Å². The average Bonchev–Trinajstić information content (AvgIpc) is 2.43. The smallest absolute Gasteiger partial charge is 0.264 e. The number of nitrogen functional groups attached to an aromatic ring is 1. The molecular formula is C14H14BrClN2O2S. The van der Waals surface area contributed by atoms with Gasteiger partial charge >= 0.3 is 0 Å². The van der Waals surface area contributed by atoms with Gasteiger partial charge in [0.05, 0.1) is 11.4 Å². The molecular weight excluding hydrogens is 376 g/mol. The summed E-state index contributed by atoms with van der Waals surface area (Å²) in [6, 6.07) is 9.72. The molecule has 3 N–H and O–H groups in total. The molecule has 0 unspecified atom stereocenters. The van der Waals surface area contributed by atoms with Crippen molar-refractivity contribution >= 4 is 48.9 Å². The Bertz CT molecular complexity index is 779. The lowest BCUT2D eigenvalue weighted by molar-refractivity contribution is 0.601. The minimum Gasteiger partial charge on any atom is -0.398 e. The summed E-state index contributed by atoms with van der Waals surface area (Å²) in [6.07, 6.45) is 0.697.